The van der Waals surface area contributed by atoms with Crippen LogP contribution in [0.25, 0.3) is 0 Å². The van der Waals surface area contributed by atoms with Gasteiger partial charge >= 0.3 is 5.97 Å². The monoisotopic (exact) mass is 357 g/mol. The molecule has 26 heavy (non-hydrogen) atoms. The van der Waals surface area contributed by atoms with Crippen molar-refractivity contribution in [2.75, 3.05) is 13.2 Å². The number of hydrogen-bond donors (Lipinski definition) is 1. The van der Waals surface area contributed by atoms with E-state index in [-0.39, 0.29) is 23.8 Å². The zero-order valence-corrected chi connectivity index (χ0v) is 14.8. The van der Waals surface area contributed by atoms with E-state index in [1.165, 1.54) is 16.8 Å². The third-order valence-corrected chi connectivity index (χ3v) is 3.71. The van der Waals surface area contributed by atoms with Gasteiger partial charge in [0, 0.05) is 19.2 Å². The van der Waals surface area contributed by atoms with Gasteiger partial charge in [0.05, 0.1) is 0 Å². The molecule has 1 aromatic carbocycles. The zero-order chi connectivity index (χ0) is 18.8. The molecule has 0 bridgehead atoms. The number of carbonyl (C=O) groups excluding carboxylic acids is 2. The molecule has 0 aliphatic carbocycles. The highest BCUT2D eigenvalue weighted by atomic mass is 16.5. The van der Waals surface area contributed by atoms with Gasteiger partial charge < -0.3 is 10.1 Å². The van der Waals surface area contributed by atoms with Crippen molar-refractivity contribution < 1.29 is 14.3 Å². The van der Waals surface area contributed by atoms with Crippen LogP contribution >= 0.6 is 0 Å². The van der Waals surface area contributed by atoms with Gasteiger partial charge in [0.2, 0.25) is 0 Å². The van der Waals surface area contributed by atoms with Crippen LogP contribution < -0.4 is 10.9 Å². The van der Waals surface area contributed by atoms with Crippen LogP contribution in [0.2, 0.25) is 0 Å². The largest absolute Gasteiger partial charge is 0.451 e. The van der Waals surface area contributed by atoms with Gasteiger partial charge in [0.15, 0.2) is 12.3 Å². The SMILES string of the molecule is CCCCn1nc(C(=O)OCC(=O)NCCc2ccccc2)ccc1=O. The topological polar surface area (TPSA) is 90.3 Å². The molecule has 2 aromatic rings. The summed E-state index contributed by atoms with van der Waals surface area (Å²) in [6, 6.07) is 12.3. The number of carbonyl (C=O) groups is 2. The molecular weight excluding hydrogens is 334 g/mol. The number of aromatic nitrogens is 2. The first-order valence-corrected chi connectivity index (χ1v) is 8.66. The molecule has 0 aliphatic rings. The Labute approximate surface area is 152 Å². The number of nitrogens with one attached hydrogen (secondary N) is 1. The number of nitrogens with zero attached hydrogens (tertiary/aromatic N) is 2. The summed E-state index contributed by atoms with van der Waals surface area (Å²) in [4.78, 5) is 35.5. The molecule has 0 fully saturated rings. The van der Waals surface area contributed by atoms with E-state index in [1.807, 2.05) is 37.3 Å². The molecule has 1 N–H and O–H groups in total. The fourth-order valence-corrected chi connectivity index (χ4v) is 2.27. The smallest absolute Gasteiger partial charge is 0.359 e. The van der Waals surface area contributed by atoms with Gasteiger partial charge in [-0.25, -0.2) is 9.48 Å². The van der Waals surface area contributed by atoms with Crippen LogP contribution in [-0.4, -0.2) is 34.8 Å². The van der Waals surface area contributed by atoms with Crippen LogP contribution in [-0.2, 0) is 22.5 Å². The van der Waals surface area contributed by atoms with Crippen LogP contribution in [0.5, 0.6) is 0 Å². The Hall–Kier alpha value is -2.96. The summed E-state index contributed by atoms with van der Waals surface area (Å²) in [5, 5.41) is 6.68. The molecule has 0 saturated carbocycles. The van der Waals surface area contributed by atoms with Crippen molar-refractivity contribution in [2.45, 2.75) is 32.7 Å². The van der Waals surface area contributed by atoms with Gasteiger partial charge in [-0.3, -0.25) is 9.59 Å². The second-order valence-electron chi connectivity index (χ2n) is 5.80. The average molecular weight is 357 g/mol. The third kappa shape index (κ3) is 6.16. The third-order valence-electron chi connectivity index (χ3n) is 3.71. The van der Waals surface area contributed by atoms with Gasteiger partial charge in [-0.1, -0.05) is 43.7 Å². The molecule has 0 unspecified atom stereocenters. The number of amides is 1. The lowest BCUT2D eigenvalue weighted by Gasteiger charge is -2.08. The lowest BCUT2D eigenvalue weighted by Crippen LogP contribution is -2.31. The highest BCUT2D eigenvalue weighted by Gasteiger charge is 2.13. The Morgan fingerprint density at radius 2 is 1.92 bits per heavy atom. The number of aryl methyl sites for hydroxylation is 1. The Kier molecular flexibility index (Phi) is 7.54. The maximum Gasteiger partial charge on any atom is 0.359 e. The van der Waals surface area contributed by atoms with E-state index < -0.39 is 5.97 Å². The molecule has 138 valence electrons. The molecule has 0 spiro atoms. The molecule has 0 aliphatic heterocycles. The Bertz CT molecular complexity index is 787. The highest BCUT2D eigenvalue weighted by Crippen LogP contribution is 1.99. The molecule has 1 amide bonds. The number of esters is 1. The lowest BCUT2D eigenvalue weighted by molar-refractivity contribution is -0.124. The minimum atomic E-state index is -0.728. The first-order valence-electron chi connectivity index (χ1n) is 8.66. The van der Waals surface area contributed by atoms with Crippen molar-refractivity contribution in [3.63, 3.8) is 0 Å². The molecule has 1 aromatic heterocycles. The second kappa shape index (κ2) is 10.1. The second-order valence-corrected chi connectivity index (χ2v) is 5.80. The number of unbranched alkanes of at least 4 members (excludes halogenated alkanes) is 1. The van der Waals surface area contributed by atoms with E-state index in [4.69, 9.17) is 4.74 Å². The van der Waals surface area contributed by atoms with Crippen molar-refractivity contribution in [2.24, 2.45) is 0 Å². The number of rotatable bonds is 9. The van der Waals surface area contributed by atoms with Gasteiger partial charge in [-0.15, -0.1) is 0 Å². The van der Waals surface area contributed by atoms with Crippen molar-refractivity contribution >= 4 is 11.9 Å². The van der Waals surface area contributed by atoms with E-state index in [0.29, 0.717) is 19.5 Å². The molecule has 0 saturated heterocycles. The van der Waals surface area contributed by atoms with Crippen LogP contribution in [0.1, 0.15) is 35.8 Å². The predicted molar refractivity (Wildman–Crippen MR) is 96.8 cm³/mol. The van der Waals surface area contributed by atoms with Crippen LogP contribution in [0, 0.1) is 0 Å². The van der Waals surface area contributed by atoms with Crippen molar-refractivity contribution in [1.82, 2.24) is 15.1 Å². The Balaban J connectivity index is 1.78. The molecule has 7 heteroatoms. The van der Waals surface area contributed by atoms with E-state index >= 15 is 0 Å². The molecule has 0 radical (unpaired) electrons. The van der Waals surface area contributed by atoms with E-state index in [1.54, 1.807) is 0 Å². The number of hydrogen-bond acceptors (Lipinski definition) is 5. The Morgan fingerprint density at radius 1 is 1.15 bits per heavy atom. The summed E-state index contributed by atoms with van der Waals surface area (Å²) in [6.45, 7) is 2.51. The van der Waals surface area contributed by atoms with E-state index in [2.05, 4.69) is 10.4 Å². The number of ether oxygens (including phenoxy) is 1. The summed E-state index contributed by atoms with van der Waals surface area (Å²) in [6.07, 6.45) is 2.39. The van der Waals surface area contributed by atoms with Crippen LogP contribution in [0.15, 0.2) is 47.3 Å². The van der Waals surface area contributed by atoms with Crippen molar-refractivity contribution in [3.8, 4) is 0 Å². The normalized spacial score (nSPS) is 10.3. The van der Waals surface area contributed by atoms with Crippen LogP contribution in [0.4, 0.5) is 0 Å². The van der Waals surface area contributed by atoms with Gasteiger partial charge in [-0.05, 0) is 24.5 Å². The van der Waals surface area contributed by atoms with Crippen molar-refractivity contribution in [3.05, 3.63) is 64.1 Å². The Morgan fingerprint density at radius 3 is 2.65 bits per heavy atom. The van der Waals surface area contributed by atoms with E-state index in [0.717, 1.165) is 18.4 Å². The highest BCUT2D eigenvalue weighted by molar-refractivity contribution is 5.89. The molecule has 1 heterocycles. The fourth-order valence-electron chi connectivity index (χ4n) is 2.27. The van der Waals surface area contributed by atoms with E-state index in [9.17, 15) is 14.4 Å². The van der Waals surface area contributed by atoms with Gasteiger partial charge in [-0.2, -0.15) is 5.10 Å². The average Bonchev–Trinajstić information content (AvgIpc) is 2.66. The summed E-state index contributed by atoms with van der Waals surface area (Å²) in [5.41, 5.74) is 0.856. The summed E-state index contributed by atoms with van der Waals surface area (Å²) in [7, 11) is 0. The summed E-state index contributed by atoms with van der Waals surface area (Å²) >= 11 is 0. The fraction of sp³-hybridized carbons (Fsp3) is 0.368. The maximum absolute atomic E-state index is 12.0. The molecule has 7 nitrogen and oxygen atoms in total. The zero-order valence-electron chi connectivity index (χ0n) is 14.8. The lowest BCUT2D eigenvalue weighted by atomic mass is 10.1. The first kappa shape index (κ1) is 19.4. The molecular formula is C19H23N3O4. The predicted octanol–water partition coefficient (Wildman–Crippen LogP) is 1.56. The molecule has 2 rings (SSSR count). The summed E-state index contributed by atoms with van der Waals surface area (Å²) < 4.78 is 6.20. The van der Waals surface area contributed by atoms with Crippen LogP contribution in [0.3, 0.4) is 0 Å². The standard InChI is InChI=1S/C19H23N3O4/c1-2-3-13-22-18(24)10-9-16(21-22)19(25)26-14-17(23)20-12-11-15-7-5-4-6-8-15/h4-10H,2-3,11-14H2,1H3,(H,20,23). The minimum absolute atomic E-state index is 0.0118. The quantitative estimate of drug-likeness (QED) is 0.688. The first-order chi connectivity index (χ1) is 12.6. The van der Waals surface area contributed by atoms with Gasteiger partial charge in [0.25, 0.3) is 11.5 Å². The molecule has 0 atom stereocenters. The number of benzene rings is 1. The minimum Gasteiger partial charge on any atom is -0.451 e. The van der Waals surface area contributed by atoms with Gasteiger partial charge in [0.1, 0.15) is 0 Å². The van der Waals surface area contributed by atoms with Crippen molar-refractivity contribution in [1.29, 1.82) is 0 Å². The maximum atomic E-state index is 12.0. The summed E-state index contributed by atoms with van der Waals surface area (Å²) in [5.74, 6) is -1.11.